The predicted octanol–water partition coefficient (Wildman–Crippen LogP) is 7.09. The van der Waals surface area contributed by atoms with Crippen LogP contribution in [0.2, 0.25) is 31.9 Å². The number of nitrogens with one attached hydrogen (secondary N) is 1. The van der Waals surface area contributed by atoms with Crippen molar-refractivity contribution in [1.82, 2.24) is 5.32 Å². The molecule has 6 rings (SSSR count). The van der Waals surface area contributed by atoms with Gasteiger partial charge in [-0.1, -0.05) is 60.0 Å². The van der Waals surface area contributed by atoms with Crippen molar-refractivity contribution < 1.29 is 56.6 Å². The van der Waals surface area contributed by atoms with Crippen molar-refractivity contribution in [2.24, 2.45) is 22.7 Å². The minimum atomic E-state index is -2.70. The monoisotopic (exact) mass is 893 g/mol. The molecule has 1 amide bonds. The third-order valence-corrected chi connectivity index (χ3v) is 23.1. The number of ether oxygens (including phenoxy) is 4. The molecule has 328 valence electrons. The van der Waals surface area contributed by atoms with Gasteiger partial charge in [0.25, 0.3) is 0 Å². The molecule has 1 aromatic carbocycles. The van der Waals surface area contributed by atoms with Crippen LogP contribution in [-0.4, -0.2) is 99.5 Å². The average Bonchev–Trinajstić information content (AvgIpc) is 3.11. The van der Waals surface area contributed by atoms with Gasteiger partial charge >= 0.3 is 18.0 Å². The van der Waals surface area contributed by atoms with Crippen LogP contribution in [0.5, 0.6) is 0 Å². The molecular weight excluding hydrogens is 829 g/mol. The van der Waals surface area contributed by atoms with E-state index in [0.29, 0.717) is 28.8 Å². The largest absolute Gasteiger partial charge is 0.456 e. The molecule has 2 heterocycles. The van der Waals surface area contributed by atoms with Crippen molar-refractivity contribution >= 4 is 57.9 Å². The second-order valence-corrected chi connectivity index (χ2v) is 30.4. The third-order valence-electron chi connectivity index (χ3n) is 13.7. The number of benzene rings is 1. The average molecular weight is 894 g/mol. The normalized spacial score (nSPS) is 36.9. The lowest BCUT2D eigenvalue weighted by Crippen LogP contribution is -2.80. The zero-order valence-electron chi connectivity index (χ0n) is 36.8. The molecule has 4 unspecified atom stereocenters. The van der Waals surface area contributed by atoms with Crippen molar-refractivity contribution in [3.63, 3.8) is 0 Å². The Morgan fingerprint density at radius 1 is 1.03 bits per heavy atom. The molecule has 4 fully saturated rings. The molecule has 17 heteroatoms. The van der Waals surface area contributed by atoms with E-state index in [2.05, 4.69) is 40.4 Å². The summed E-state index contributed by atoms with van der Waals surface area (Å²) >= 11 is 0. The Bertz CT molecular complexity index is 1870. The van der Waals surface area contributed by atoms with Gasteiger partial charge in [-0.25, -0.2) is 9.59 Å². The van der Waals surface area contributed by atoms with Gasteiger partial charge in [0.15, 0.2) is 34.1 Å². The number of alkyl carbamates (subject to hydrolysis) is 1. The Kier molecular flexibility index (Phi) is 12.5. The summed E-state index contributed by atoms with van der Waals surface area (Å²) in [6, 6.07) is 7.97. The number of amides is 1. The summed E-state index contributed by atoms with van der Waals surface area (Å²) < 4.78 is 45.1. The lowest BCUT2D eigenvalue weighted by Gasteiger charge is -2.68. The molecule has 2 saturated carbocycles. The zero-order chi connectivity index (χ0) is 43.9. The fraction of sp³-hybridized carbons (Fsp3) is 0.714. The number of esters is 2. The number of hydrogen-bond acceptors (Lipinski definition) is 12. The van der Waals surface area contributed by atoms with Crippen molar-refractivity contribution in [2.75, 3.05) is 6.61 Å². The maximum Gasteiger partial charge on any atom is 0.408 e. The molecule has 0 spiro atoms. The Hall–Kier alpha value is -2.07. The Balaban J connectivity index is 1.52. The van der Waals surface area contributed by atoms with E-state index in [4.69, 9.17) is 32.3 Å². The predicted molar refractivity (Wildman–Crippen MR) is 232 cm³/mol. The summed E-state index contributed by atoms with van der Waals surface area (Å²) in [5, 5.41) is 16.5. The topological polar surface area (TPSA) is 165 Å². The Morgan fingerprint density at radius 2 is 1.66 bits per heavy atom. The minimum Gasteiger partial charge on any atom is -0.456 e. The van der Waals surface area contributed by atoms with Crippen LogP contribution in [0.15, 0.2) is 41.5 Å². The van der Waals surface area contributed by atoms with Gasteiger partial charge in [-0.05, 0) is 89.1 Å². The highest BCUT2D eigenvalue weighted by molar-refractivity contribution is 8.00. The maximum atomic E-state index is 16.0. The van der Waals surface area contributed by atoms with Crippen LogP contribution in [0.1, 0.15) is 86.8 Å². The van der Waals surface area contributed by atoms with Gasteiger partial charge in [0, 0.05) is 39.6 Å². The molecule has 13 atom stereocenters. The van der Waals surface area contributed by atoms with E-state index >= 15 is 4.79 Å². The molecule has 4 bridgehead atoms. The lowest BCUT2D eigenvalue weighted by atomic mass is 9.42. The van der Waals surface area contributed by atoms with E-state index in [-0.39, 0.29) is 27.3 Å². The molecule has 2 aliphatic heterocycles. The zero-order valence-corrected chi connectivity index (χ0v) is 41.0. The van der Waals surface area contributed by atoms with Crippen molar-refractivity contribution in [3.8, 4) is 0 Å². The molecule has 0 aromatic heterocycles. The number of ketones is 1. The first-order valence-electron chi connectivity index (χ1n) is 20.6. The van der Waals surface area contributed by atoms with Crippen LogP contribution < -0.4 is 5.32 Å². The van der Waals surface area contributed by atoms with Gasteiger partial charge in [-0.2, -0.15) is 0 Å². The number of fused-ring (bicyclic) bond motifs is 6. The van der Waals surface area contributed by atoms with Gasteiger partial charge < -0.3 is 42.7 Å². The van der Waals surface area contributed by atoms with E-state index in [1.807, 2.05) is 40.7 Å². The molecule has 5 aliphatic rings. The molecule has 2 N–H and O–H groups in total. The first kappa shape index (κ1) is 46.4. The van der Waals surface area contributed by atoms with E-state index in [9.17, 15) is 19.5 Å². The summed E-state index contributed by atoms with van der Waals surface area (Å²) in [6.45, 7) is 24.7. The number of rotatable bonds is 8. The molecule has 2 saturated heterocycles. The Morgan fingerprint density at radius 3 is 2.22 bits per heavy atom. The molecule has 59 heavy (non-hydrogen) atoms. The SMILES string of the molecule is CC(=O)O[C@@]12CO[C@@H]1C[C@@H]1O[Si](C)(C)C[Si](C)(C)O[C@H]3C(=O)[C@@]1(C)C2C(C)[C@]1(O)C[C@H](OC(=O)[C@H](OPP)[C@@H](NC(=O)OC(C)(C)C)c2ccccc2)C(C)=C3C1(C)C. The van der Waals surface area contributed by atoms with Crippen LogP contribution in [0.25, 0.3) is 0 Å². The van der Waals surface area contributed by atoms with Gasteiger partial charge in [0.1, 0.15) is 23.9 Å². The van der Waals surface area contributed by atoms with E-state index in [0.717, 1.165) is 0 Å². The number of aliphatic hydroxyl groups is 1. The summed E-state index contributed by atoms with van der Waals surface area (Å²) in [5.41, 5.74) is -3.59. The van der Waals surface area contributed by atoms with E-state index in [1.165, 1.54) is 6.92 Å². The number of Topliss-reactive ketones (excluding diaryl/α,β-unsaturated/α-hetero) is 1. The summed E-state index contributed by atoms with van der Waals surface area (Å²) in [4.78, 5) is 56.9. The second kappa shape index (κ2) is 15.9. The van der Waals surface area contributed by atoms with Crippen LogP contribution >= 0.6 is 17.4 Å². The summed E-state index contributed by atoms with van der Waals surface area (Å²) in [6.07, 6.45) is -5.07. The smallest absolute Gasteiger partial charge is 0.408 e. The fourth-order valence-corrected chi connectivity index (χ4v) is 23.2. The quantitative estimate of drug-likeness (QED) is 0.0897. The fourth-order valence-electron chi connectivity index (χ4n) is 11.5. The summed E-state index contributed by atoms with van der Waals surface area (Å²) in [5.74, 6) is -2.97. The second-order valence-electron chi connectivity index (χ2n) is 20.3. The highest BCUT2D eigenvalue weighted by Crippen LogP contribution is 2.66. The molecule has 13 nitrogen and oxygen atoms in total. The van der Waals surface area contributed by atoms with Gasteiger partial charge in [-0.15, -0.1) is 0 Å². The van der Waals surface area contributed by atoms with Crippen molar-refractivity contribution in [1.29, 1.82) is 0 Å². The van der Waals surface area contributed by atoms with Crippen LogP contribution in [0, 0.1) is 22.7 Å². The first-order chi connectivity index (χ1) is 27.1. The number of carbonyl (C=O) groups is 4. The van der Waals surface area contributed by atoms with Gasteiger partial charge in [0.2, 0.25) is 0 Å². The highest BCUT2D eigenvalue weighted by Gasteiger charge is 2.77. The van der Waals surface area contributed by atoms with Crippen molar-refractivity contribution in [3.05, 3.63) is 47.0 Å². The first-order valence-corrected chi connectivity index (χ1v) is 29.6. The highest BCUT2D eigenvalue weighted by atomic mass is 32.0. The van der Waals surface area contributed by atoms with E-state index in [1.54, 1.807) is 45.0 Å². The van der Waals surface area contributed by atoms with E-state index < -0.39 is 111 Å². The molecule has 0 radical (unpaired) electrons. The standard InChI is InChI=1S/C42H65NO12P2Si2/c1-23-27(50-36(46)33(53-57-56)31(26-17-15-14-16-18-26)43-37(47)52-38(4,5)6)20-42(48)24(2)34-40(9)28(19-29-41(34,21-49-29)51-25(3)44)54-58(10,11)22-59(12,13)55-32(35(40)45)30(23)39(42,7)8/h14-18,24,27-29,31-34,48,57H,19-22,56H2,1-13H3,(H,43,47)/t24?,27-,28-,29+,31-,32+,33+,34?,40+,41-,42+/m0/s1. The molecule has 1 aromatic rings. The Labute approximate surface area is 355 Å². The van der Waals surface area contributed by atoms with Crippen LogP contribution in [0.4, 0.5) is 4.79 Å². The van der Waals surface area contributed by atoms with Gasteiger partial charge in [-0.3, -0.25) is 9.59 Å². The van der Waals surface area contributed by atoms with Crippen LogP contribution in [0.3, 0.4) is 0 Å². The lowest BCUT2D eigenvalue weighted by molar-refractivity contribution is -0.336. The number of hydrogen-bond donors (Lipinski definition) is 2. The minimum absolute atomic E-state index is 0.0463. The number of carbonyl (C=O) groups excluding carboxylic acids is 4. The molecule has 3 aliphatic carbocycles. The van der Waals surface area contributed by atoms with Crippen molar-refractivity contribution in [2.45, 2.75) is 160 Å². The maximum absolute atomic E-state index is 16.0. The van der Waals surface area contributed by atoms with Gasteiger partial charge in [0.05, 0.1) is 29.8 Å². The van der Waals surface area contributed by atoms with Crippen LogP contribution in [-0.2, 0) is 46.7 Å². The molecular formula is C42H65NO12P2Si2. The third kappa shape index (κ3) is 8.19. The summed E-state index contributed by atoms with van der Waals surface area (Å²) in [7, 11) is -2.97.